The largest absolute Gasteiger partial charge is 0.332 e. The summed E-state index contributed by atoms with van der Waals surface area (Å²) >= 11 is 0. The second-order valence-corrected chi connectivity index (χ2v) is 6.44. The molecule has 0 aromatic heterocycles. The third kappa shape index (κ3) is 3.47. The van der Waals surface area contributed by atoms with Crippen molar-refractivity contribution in [2.24, 2.45) is 5.92 Å². The summed E-state index contributed by atoms with van der Waals surface area (Å²) in [6.07, 6.45) is 16.1. The fraction of sp³-hybridized carbons (Fsp3) is 0.381. The molecule has 0 unspecified atom stereocenters. The number of benzene rings is 1. The molecule has 23 heavy (non-hydrogen) atoms. The first kappa shape index (κ1) is 15.8. The predicted octanol–water partition coefficient (Wildman–Crippen LogP) is 4.60. The molecule has 1 aromatic carbocycles. The summed E-state index contributed by atoms with van der Waals surface area (Å²) in [4.78, 5) is 14.7. The van der Waals surface area contributed by atoms with Gasteiger partial charge in [0, 0.05) is 6.04 Å². The lowest BCUT2D eigenvalue weighted by atomic mass is 9.81. The number of amides is 1. The summed E-state index contributed by atoms with van der Waals surface area (Å²) in [6.45, 7) is 3.71. The molecule has 2 aliphatic rings. The molecule has 1 heterocycles. The van der Waals surface area contributed by atoms with Crippen LogP contribution in [-0.4, -0.2) is 22.9 Å². The zero-order valence-electron chi connectivity index (χ0n) is 13.6. The van der Waals surface area contributed by atoms with Gasteiger partial charge in [-0.1, -0.05) is 86.6 Å². The Morgan fingerprint density at radius 3 is 2.48 bits per heavy atom. The van der Waals surface area contributed by atoms with Gasteiger partial charge < -0.3 is 4.90 Å². The Labute approximate surface area is 139 Å². The Morgan fingerprint density at radius 1 is 1.04 bits per heavy atom. The molecular formula is C21H25NO. The summed E-state index contributed by atoms with van der Waals surface area (Å²) < 4.78 is 0. The van der Waals surface area contributed by atoms with E-state index >= 15 is 0 Å². The lowest BCUT2D eigenvalue weighted by molar-refractivity contribution is -0.154. The first-order chi connectivity index (χ1) is 11.3. The maximum absolute atomic E-state index is 12.6. The van der Waals surface area contributed by atoms with Gasteiger partial charge in [-0.3, -0.25) is 4.79 Å². The Bertz CT molecular complexity index is 596. The molecule has 0 radical (unpaired) electrons. The van der Waals surface area contributed by atoms with Gasteiger partial charge in [-0.2, -0.15) is 0 Å². The van der Waals surface area contributed by atoms with Crippen molar-refractivity contribution in [3.8, 4) is 0 Å². The summed E-state index contributed by atoms with van der Waals surface area (Å²) in [6, 6.07) is 10.9. The standard InChI is InChI=1S/C21H25NO/c1-2-3-14-19-20(16-15-17-10-6-4-7-11-17)22(21(19)23)18-12-8-5-9-13-18/h2-4,6-7,10-11,14-16,18-20H,1,5,8-9,12-13H2/b14-3+,16-15+/t19-,20+/m0/s1. The minimum absolute atomic E-state index is 0.0325. The minimum Gasteiger partial charge on any atom is -0.332 e. The van der Waals surface area contributed by atoms with Crippen molar-refractivity contribution in [1.82, 2.24) is 4.90 Å². The second kappa shape index (κ2) is 7.45. The molecule has 2 atom stereocenters. The number of rotatable bonds is 5. The average Bonchev–Trinajstić information content (AvgIpc) is 2.60. The number of β-lactam (4-membered cyclic amide) rings is 1. The van der Waals surface area contributed by atoms with Gasteiger partial charge in [0.25, 0.3) is 0 Å². The van der Waals surface area contributed by atoms with E-state index in [9.17, 15) is 4.79 Å². The highest BCUT2D eigenvalue weighted by Gasteiger charge is 2.47. The molecule has 1 aliphatic carbocycles. The van der Waals surface area contributed by atoms with Crippen LogP contribution in [0.1, 0.15) is 37.7 Å². The van der Waals surface area contributed by atoms with E-state index in [0.717, 1.165) is 12.8 Å². The summed E-state index contributed by atoms with van der Waals surface area (Å²) in [5.74, 6) is 0.243. The van der Waals surface area contributed by atoms with E-state index in [4.69, 9.17) is 0 Å². The molecule has 1 amide bonds. The highest BCUT2D eigenvalue weighted by molar-refractivity contribution is 5.89. The van der Waals surface area contributed by atoms with Crippen LogP contribution in [0.5, 0.6) is 0 Å². The predicted molar refractivity (Wildman–Crippen MR) is 95.8 cm³/mol. The lowest BCUT2D eigenvalue weighted by Gasteiger charge is -2.50. The zero-order valence-corrected chi connectivity index (χ0v) is 13.6. The van der Waals surface area contributed by atoms with Crippen LogP contribution in [0.4, 0.5) is 0 Å². The van der Waals surface area contributed by atoms with Crippen molar-refractivity contribution < 1.29 is 4.79 Å². The van der Waals surface area contributed by atoms with E-state index in [1.54, 1.807) is 6.08 Å². The van der Waals surface area contributed by atoms with E-state index in [1.165, 1.54) is 24.8 Å². The Morgan fingerprint density at radius 2 is 1.78 bits per heavy atom. The quantitative estimate of drug-likeness (QED) is 0.575. The minimum atomic E-state index is -0.0325. The number of allylic oxidation sites excluding steroid dienone is 2. The van der Waals surface area contributed by atoms with Gasteiger partial charge in [-0.05, 0) is 18.4 Å². The van der Waals surface area contributed by atoms with E-state index in [-0.39, 0.29) is 17.9 Å². The van der Waals surface area contributed by atoms with E-state index in [1.807, 2.05) is 30.4 Å². The van der Waals surface area contributed by atoms with Crippen LogP contribution in [0.25, 0.3) is 6.08 Å². The van der Waals surface area contributed by atoms with Gasteiger partial charge in [0.05, 0.1) is 12.0 Å². The van der Waals surface area contributed by atoms with E-state index in [2.05, 4.69) is 35.8 Å². The average molecular weight is 307 g/mol. The molecule has 120 valence electrons. The van der Waals surface area contributed by atoms with Crippen molar-refractivity contribution >= 4 is 12.0 Å². The topological polar surface area (TPSA) is 20.3 Å². The van der Waals surface area contributed by atoms with Gasteiger partial charge in [0.15, 0.2) is 0 Å². The number of likely N-dealkylation sites (tertiary alicyclic amines) is 1. The normalized spacial score (nSPS) is 25.9. The molecule has 0 spiro atoms. The smallest absolute Gasteiger partial charge is 0.232 e. The molecule has 0 bridgehead atoms. The van der Waals surface area contributed by atoms with Crippen LogP contribution >= 0.6 is 0 Å². The van der Waals surface area contributed by atoms with Crippen LogP contribution in [0.3, 0.4) is 0 Å². The molecule has 0 N–H and O–H groups in total. The third-order valence-corrected chi connectivity index (χ3v) is 4.94. The highest BCUT2D eigenvalue weighted by atomic mass is 16.2. The van der Waals surface area contributed by atoms with Gasteiger partial charge in [0.2, 0.25) is 5.91 Å². The Kier molecular flexibility index (Phi) is 5.12. The molecule has 1 saturated heterocycles. The Balaban J connectivity index is 1.77. The molecule has 3 rings (SSSR count). The van der Waals surface area contributed by atoms with Crippen LogP contribution in [0.2, 0.25) is 0 Å². The third-order valence-electron chi connectivity index (χ3n) is 4.94. The maximum atomic E-state index is 12.6. The maximum Gasteiger partial charge on any atom is 0.232 e. The van der Waals surface area contributed by atoms with Crippen LogP contribution in [0.15, 0.2) is 61.2 Å². The van der Waals surface area contributed by atoms with Crippen molar-refractivity contribution in [2.45, 2.75) is 44.2 Å². The molecular weight excluding hydrogens is 282 g/mol. The monoisotopic (exact) mass is 307 g/mol. The van der Waals surface area contributed by atoms with Gasteiger partial charge in [0.1, 0.15) is 0 Å². The molecule has 2 heteroatoms. The van der Waals surface area contributed by atoms with Crippen molar-refractivity contribution in [3.05, 3.63) is 66.8 Å². The van der Waals surface area contributed by atoms with Crippen molar-refractivity contribution in [3.63, 3.8) is 0 Å². The summed E-state index contributed by atoms with van der Waals surface area (Å²) in [5, 5.41) is 0. The summed E-state index contributed by atoms with van der Waals surface area (Å²) in [5.41, 5.74) is 1.18. The number of carbonyl (C=O) groups is 1. The second-order valence-electron chi connectivity index (χ2n) is 6.44. The number of hydrogen-bond donors (Lipinski definition) is 0. The molecule has 1 aliphatic heterocycles. The van der Waals surface area contributed by atoms with Crippen molar-refractivity contribution in [1.29, 1.82) is 0 Å². The van der Waals surface area contributed by atoms with Crippen LogP contribution < -0.4 is 0 Å². The number of hydrogen-bond acceptors (Lipinski definition) is 1. The van der Waals surface area contributed by atoms with Gasteiger partial charge >= 0.3 is 0 Å². The van der Waals surface area contributed by atoms with Crippen molar-refractivity contribution in [2.75, 3.05) is 0 Å². The van der Waals surface area contributed by atoms with Gasteiger partial charge in [-0.15, -0.1) is 0 Å². The fourth-order valence-corrected chi connectivity index (χ4v) is 3.72. The zero-order chi connectivity index (χ0) is 16.1. The molecule has 1 aromatic rings. The molecule has 2 nitrogen and oxygen atoms in total. The SMILES string of the molecule is C=C/C=C/[C@@H]1C(=O)N(C2CCCCC2)[C@@H]1/C=C/c1ccccc1. The molecule has 2 fully saturated rings. The first-order valence-electron chi connectivity index (χ1n) is 8.66. The summed E-state index contributed by atoms with van der Waals surface area (Å²) in [7, 11) is 0. The van der Waals surface area contributed by atoms with Crippen LogP contribution in [0, 0.1) is 5.92 Å². The van der Waals surface area contributed by atoms with Gasteiger partial charge in [-0.25, -0.2) is 0 Å². The number of carbonyl (C=O) groups excluding carboxylic acids is 1. The Hall–Kier alpha value is -2.09. The van der Waals surface area contributed by atoms with Crippen LogP contribution in [-0.2, 0) is 4.79 Å². The first-order valence-corrected chi connectivity index (χ1v) is 8.66. The fourth-order valence-electron chi connectivity index (χ4n) is 3.72. The number of nitrogens with zero attached hydrogens (tertiary/aromatic N) is 1. The highest BCUT2D eigenvalue weighted by Crippen LogP contribution is 2.36. The van der Waals surface area contributed by atoms with E-state index in [0.29, 0.717) is 6.04 Å². The lowest BCUT2D eigenvalue weighted by Crippen LogP contribution is -2.63. The molecule has 1 saturated carbocycles. The van der Waals surface area contributed by atoms with E-state index < -0.39 is 0 Å².